The molecule has 0 aliphatic heterocycles. The number of hydrogen-bond acceptors (Lipinski definition) is 15. The van der Waals surface area contributed by atoms with Crippen molar-refractivity contribution in [3.05, 3.63) is 24.3 Å². The SMILES string of the molecule is CCCCCC/C=C\C=C/CCCCCCCC(=O)O[C@H](COC(=O)CCCCCCCCCCCC)COP(=O)(O)OC[C@H](O)COP(=O)(O)OC[C@@H](COC(=O)CCCCCCCCCCCCCCCC(C)C)OC(=O)CCCCCCCCCCCCCCCCCCCCCCCC. The van der Waals surface area contributed by atoms with Crippen molar-refractivity contribution in [3.63, 3.8) is 0 Å². The molecule has 0 radical (unpaired) electrons. The van der Waals surface area contributed by atoms with E-state index in [9.17, 15) is 43.2 Å². The van der Waals surface area contributed by atoms with Crippen LogP contribution in [-0.4, -0.2) is 96.7 Å². The van der Waals surface area contributed by atoms with Gasteiger partial charge in [0.2, 0.25) is 0 Å². The molecular formula is C84H160O17P2. The summed E-state index contributed by atoms with van der Waals surface area (Å²) in [6, 6.07) is 0. The van der Waals surface area contributed by atoms with Crippen LogP contribution in [0, 0.1) is 5.92 Å². The Morgan fingerprint density at radius 2 is 0.524 bits per heavy atom. The summed E-state index contributed by atoms with van der Waals surface area (Å²) in [5, 5.41) is 10.7. The van der Waals surface area contributed by atoms with Crippen LogP contribution in [0.1, 0.15) is 426 Å². The Morgan fingerprint density at radius 1 is 0.301 bits per heavy atom. The van der Waals surface area contributed by atoms with Gasteiger partial charge in [-0.05, 0) is 57.3 Å². The van der Waals surface area contributed by atoms with Gasteiger partial charge in [-0.1, -0.05) is 374 Å². The molecule has 0 saturated heterocycles. The van der Waals surface area contributed by atoms with Crippen molar-refractivity contribution in [2.75, 3.05) is 39.6 Å². The maximum atomic E-state index is 13.1. The number of unbranched alkanes of at least 4 members (excludes halogenated alkanes) is 51. The van der Waals surface area contributed by atoms with Crippen molar-refractivity contribution in [2.45, 2.75) is 445 Å². The largest absolute Gasteiger partial charge is 0.472 e. The van der Waals surface area contributed by atoms with Crippen LogP contribution in [0.3, 0.4) is 0 Å². The minimum atomic E-state index is -4.97. The molecule has 0 aromatic carbocycles. The van der Waals surface area contributed by atoms with Gasteiger partial charge in [-0.3, -0.25) is 37.3 Å². The molecule has 19 heteroatoms. The first kappa shape index (κ1) is 101. The summed E-state index contributed by atoms with van der Waals surface area (Å²) in [5.74, 6) is -1.35. The number of phosphoric acid groups is 2. The van der Waals surface area contributed by atoms with E-state index in [0.29, 0.717) is 25.7 Å². The molecule has 0 spiro atoms. The normalized spacial score (nSPS) is 14.0. The van der Waals surface area contributed by atoms with E-state index < -0.39 is 97.5 Å². The van der Waals surface area contributed by atoms with Gasteiger partial charge in [-0.25, -0.2) is 9.13 Å². The third-order valence-corrected chi connectivity index (χ3v) is 21.1. The van der Waals surface area contributed by atoms with Crippen LogP contribution in [0.2, 0.25) is 0 Å². The van der Waals surface area contributed by atoms with E-state index in [1.165, 1.54) is 238 Å². The van der Waals surface area contributed by atoms with Gasteiger partial charge in [0.15, 0.2) is 12.2 Å². The number of hydrogen-bond donors (Lipinski definition) is 3. The fraction of sp³-hybridized carbons (Fsp3) is 0.905. The maximum absolute atomic E-state index is 13.1. The fourth-order valence-corrected chi connectivity index (χ4v) is 14.2. The monoisotopic (exact) mass is 1500 g/mol. The van der Waals surface area contributed by atoms with Crippen LogP contribution < -0.4 is 0 Å². The molecule has 608 valence electrons. The van der Waals surface area contributed by atoms with Crippen LogP contribution in [-0.2, 0) is 65.4 Å². The lowest BCUT2D eigenvalue weighted by atomic mass is 10.0. The molecule has 0 rings (SSSR count). The highest BCUT2D eigenvalue weighted by Gasteiger charge is 2.30. The van der Waals surface area contributed by atoms with Gasteiger partial charge in [0.1, 0.15) is 19.3 Å². The van der Waals surface area contributed by atoms with Crippen LogP contribution in [0.5, 0.6) is 0 Å². The minimum absolute atomic E-state index is 0.0856. The molecule has 0 aromatic rings. The van der Waals surface area contributed by atoms with Crippen LogP contribution in [0.15, 0.2) is 24.3 Å². The molecule has 0 fully saturated rings. The number of phosphoric ester groups is 2. The lowest BCUT2D eigenvalue weighted by molar-refractivity contribution is -0.161. The first-order valence-electron chi connectivity index (χ1n) is 43.0. The predicted octanol–water partition coefficient (Wildman–Crippen LogP) is 25.1. The van der Waals surface area contributed by atoms with E-state index in [-0.39, 0.29) is 25.7 Å². The van der Waals surface area contributed by atoms with Crippen molar-refractivity contribution in [1.29, 1.82) is 0 Å². The predicted molar refractivity (Wildman–Crippen MR) is 423 cm³/mol. The van der Waals surface area contributed by atoms with E-state index in [2.05, 4.69) is 58.9 Å². The third-order valence-electron chi connectivity index (χ3n) is 19.2. The molecule has 3 N–H and O–H groups in total. The standard InChI is InChI=1S/C84H160O17P2/c1-6-9-12-15-18-21-24-26-28-29-30-31-32-33-34-36-40-45-50-55-60-65-70-84(89)101-80(74-95-82(87)68-63-58-53-48-43-41-37-38-42-46-51-56-61-66-77(4)5)76-99-103(92,93)97-72-78(85)71-96-102(90,91)98-75-79(73-94-81(86)67-62-57-52-47-23-20-17-14-11-8-3)100-83(88)69-64-59-54-49-44-39-35-27-25-22-19-16-13-10-7-2/h22,25,27,35,77-80,85H,6-21,23-24,26,28-34,36-76H2,1-5H3,(H,90,91)(H,92,93)/b25-22-,35-27-/t78-,79+,80+/m0/s1. The molecule has 17 nitrogen and oxygen atoms in total. The summed E-state index contributed by atoms with van der Waals surface area (Å²) in [5.41, 5.74) is 0. The second-order valence-corrected chi connectivity index (χ2v) is 32.9. The Morgan fingerprint density at radius 3 is 0.796 bits per heavy atom. The highest BCUT2D eigenvalue weighted by atomic mass is 31.2. The van der Waals surface area contributed by atoms with Gasteiger partial charge in [0.25, 0.3) is 0 Å². The van der Waals surface area contributed by atoms with Crippen LogP contribution in [0.25, 0.3) is 0 Å². The molecule has 103 heavy (non-hydrogen) atoms. The highest BCUT2D eigenvalue weighted by Crippen LogP contribution is 2.45. The van der Waals surface area contributed by atoms with E-state index in [1.54, 1.807) is 0 Å². The summed E-state index contributed by atoms with van der Waals surface area (Å²) in [6.07, 6.45) is 71.7. The van der Waals surface area contributed by atoms with Gasteiger partial charge in [0, 0.05) is 25.7 Å². The maximum Gasteiger partial charge on any atom is 0.472 e. The van der Waals surface area contributed by atoms with E-state index in [4.69, 9.17) is 37.0 Å². The zero-order valence-corrected chi connectivity index (χ0v) is 68.7. The molecule has 0 heterocycles. The molecule has 5 atom stereocenters. The zero-order valence-electron chi connectivity index (χ0n) is 66.9. The van der Waals surface area contributed by atoms with Crippen molar-refractivity contribution in [2.24, 2.45) is 5.92 Å². The van der Waals surface area contributed by atoms with Crippen molar-refractivity contribution < 1.29 is 80.2 Å². The minimum Gasteiger partial charge on any atom is -0.462 e. The number of allylic oxidation sites excluding steroid dienone is 4. The summed E-state index contributed by atoms with van der Waals surface area (Å²) in [4.78, 5) is 73.1. The molecule has 0 aliphatic rings. The number of ether oxygens (including phenoxy) is 4. The first-order valence-corrected chi connectivity index (χ1v) is 45.9. The van der Waals surface area contributed by atoms with Gasteiger partial charge in [-0.2, -0.15) is 0 Å². The molecular weight excluding hydrogens is 1340 g/mol. The Kier molecular flexibility index (Phi) is 74.5. The van der Waals surface area contributed by atoms with E-state index in [1.807, 2.05) is 0 Å². The number of aliphatic hydroxyl groups excluding tert-OH is 1. The third kappa shape index (κ3) is 77.5. The summed E-state index contributed by atoms with van der Waals surface area (Å²) >= 11 is 0. The summed E-state index contributed by atoms with van der Waals surface area (Å²) in [7, 11) is -9.93. The number of carbonyl (C=O) groups excluding carboxylic acids is 4. The molecule has 0 bridgehead atoms. The summed E-state index contributed by atoms with van der Waals surface area (Å²) in [6.45, 7) is 7.29. The molecule has 0 amide bonds. The highest BCUT2D eigenvalue weighted by molar-refractivity contribution is 7.47. The van der Waals surface area contributed by atoms with Crippen LogP contribution in [0.4, 0.5) is 0 Å². The average Bonchev–Trinajstić information content (AvgIpc) is 1.04. The number of aliphatic hydroxyl groups is 1. The van der Waals surface area contributed by atoms with Gasteiger partial charge in [0.05, 0.1) is 26.4 Å². The van der Waals surface area contributed by atoms with Gasteiger partial charge >= 0.3 is 39.5 Å². The zero-order chi connectivity index (χ0) is 75.5. The van der Waals surface area contributed by atoms with E-state index in [0.717, 1.165) is 109 Å². The Hall–Kier alpha value is -2.46. The Bertz CT molecular complexity index is 2060. The Balaban J connectivity index is 5.24. The van der Waals surface area contributed by atoms with Crippen molar-refractivity contribution >= 4 is 39.5 Å². The van der Waals surface area contributed by atoms with Gasteiger partial charge < -0.3 is 33.8 Å². The first-order chi connectivity index (χ1) is 50.0. The molecule has 0 aromatic heterocycles. The topological polar surface area (TPSA) is 237 Å². The summed E-state index contributed by atoms with van der Waals surface area (Å²) < 4.78 is 68.7. The van der Waals surface area contributed by atoms with Crippen molar-refractivity contribution in [3.8, 4) is 0 Å². The van der Waals surface area contributed by atoms with E-state index >= 15 is 0 Å². The molecule has 2 unspecified atom stereocenters. The Labute approximate surface area is 631 Å². The number of esters is 4. The van der Waals surface area contributed by atoms with Crippen LogP contribution >= 0.6 is 15.6 Å². The lowest BCUT2D eigenvalue weighted by Gasteiger charge is -2.21. The second-order valence-electron chi connectivity index (χ2n) is 30.0. The number of rotatable bonds is 82. The second kappa shape index (κ2) is 76.3. The van der Waals surface area contributed by atoms with Gasteiger partial charge in [-0.15, -0.1) is 0 Å². The number of carbonyl (C=O) groups is 4. The molecule has 0 aliphatic carbocycles. The lowest BCUT2D eigenvalue weighted by Crippen LogP contribution is -2.30. The average molecular weight is 1500 g/mol. The molecule has 0 saturated carbocycles. The quantitative estimate of drug-likeness (QED) is 0.0169. The van der Waals surface area contributed by atoms with Crippen molar-refractivity contribution in [1.82, 2.24) is 0 Å². The fourth-order valence-electron chi connectivity index (χ4n) is 12.6. The smallest absolute Gasteiger partial charge is 0.462 e.